The lowest BCUT2D eigenvalue weighted by Gasteiger charge is -2.34. The molecule has 0 saturated heterocycles. The van der Waals surface area contributed by atoms with Crippen molar-refractivity contribution in [2.45, 2.75) is 51.3 Å². The van der Waals surface area contributed by atoms with Crippen molar-refractivity contribution in [3.8, 4) is 0 Å². The van der Waals surface area contributed by atoms with E-state index in [4.69, 9.17) is 10.5 Å². The van der Waals surface area contributed by atoms with Crippen LogP contribution in [0, 0.1) is 0 Å². The second kappa shape index (κ2) is 14.3. The van der Waals surface area contributed by atoms with Gasteiger partial charge in [-0.15, -0.1) is 0 Å². The molecule has 3 rings (SSSR count). The Morgan fingerprint density at radius 1 is 1.02 bits per heavy atom. The first-order valence-electron chi connectivity index (χ1n) is 13.6. The third-order valence-corrected chi connectivity index (χ3v) is 6.33. The topological polar surface area (TPSA) is 151 Å². The molecule has 2 unspecified atom stereocenters. The van der Waals surface area contributed by atoms with Gasteiger partial charge in [0.15, 0.2) is 0 Å². The summed E-state index contributed by atoms with van der Waals surface area (Å²) in [4.78, 5) is 53.4. The van der Waals surface area contributed by atoms with Gasteiger partial charge in [0.1, 0.15) is 17.7 Å². The second-order valence-corrected chi connectivity index (χ2v) is 10.8. The van der Waals surface area contributed by atoms with E-state index in [1.807, 2.05) is 36.4 Å². The first kappa shape index (κ1) is 31.8. The first-order valence-corrected chi connectivity index (χ1v) is 13.6. The maximum atomic E-state index is 14.0. The van der Waals surface area contributed by atoms with Gasteiger partial charge in [-0.1, -0.05) is 61.2 Å². The molecule has 2 atom stereocenters. The number of rotatable bonds is 12. The van der Waals surface area contributed by atoms with Crippen molar-refractivity contribution in [3.63, 3.8) is 0 Å². The number of nitrogens with one attached hydrogen (secondary N) is 2. The number of hydrogen-bond acceptors (Lipinski definition) is 6. The van der Waals surface area contributed by atoms with Gasteiger partial charge in [-0.05, 0) is 67.3 Å². The largest absolute Gasteiger partial charge is 0.444 e. The zero-order valence-corrected chi connectivity index (χ0v) is 24.1. The molecular weight excluding hydrogens is 536 g/mol. The SMILES string of the molecule is C=Cc1cccc(C(C(=O)Nc2ccc3ccccc3c2)N(CCO)C(=O)C(CCC(N)=O)NC(=O)OC(C)(C)C)c1. The molecule has 10 heteroatoms. The molecule has 3 aromatic carbocycles. The van der Waals surface area contributed by atoms with Gasteiger partial charge in [0, 0.05) is 18.7 Å². The minimum atomic E-state index is -1.27. The van der Waals surface area contributed by atoms with Crippen molar-refractivity contribution in [1.29, 1.82) is 0 Å². The fourth-order valence-corrected chi connectivity index (χ4v) is 4.47. The Kier molecular flexibility index (Phi) is 10.8. The third kappa shape index (κ3) is 8.90. The third-order valence-electron chi connectivity index (χ3n) is 6.33. The number of carbonyl (C=O) groups excluding carboxylic acids is 4. The van der Waals surface area contributed by atoms with Gasteiger partial charge in [-0.3, -0.25) is 14.4 Å². The molecule has 0 fully saturated rings. The Morgan fingerprint density at radius 3 is 2.38 bits per heavy atom. The Morgan fingerprint density at radius 2 is 1.74 bits per heavy atom. The van der Waals surface area contributed by atoms with Crippen LogP contribution in [0.4, 0.5) is 10.5 Å². The van der Waals surface area contributed by atoms with Crippen molar-refractivity contribution >= 4 is 46.4 Å². The van der Waals surface area contributed by atoms with Gasteiger partial charge >= 0.3 is 6.09 Å². The van der Waals surface area contributed by atoms with Crippen molar-refractivity contribution in [1.82, 2.24) is 10.2 Å². The fourth-order valence-electron chi connectivity index (χ4n) is 4.47. The van der Waals surface area contributed by atoms with Crippen LogP contribution in [0.1, 0.15) is 50.8 Å². The number of nitrogens with two attached hydrogens (primary N) is 1. The molecule has 222 valence electrons. The maximum absolute atomic E-state index is 14.0. The number of nitrogens with zero attached hydrogens (tertiary/aromatic N) is 1. The molecule has 0 aromatic heterocycles. The summed E-state index contributed by atoms with van der Waals surface area (Å²) in [5.41, 5.74) is 6.18. The number of benzene rings is 3. The molecular formula is C32H38N4O6. The smallest absolute Gasteiger partial charge is 0.408 e. The Bertz CT molecular complexity index is 1450. The van der Waals surface area contributed by atoms with E-state index in [1.54, 1.807) is 57.2 Å². The van der Waals surface area contributed by atoms with Crippen molar-refractivity contribution in [2.75, 3.05) is 18.5 Å². The van der Waals surface area contributed by atoms with E-state index >= 15 is 0 Å². The zero-order chi connectivity index (χ0) is 30.9. The molecule has 4 amide bonds. The van der Waals surface area contributed by atoms with Crippen LogP contribution in [0.5, 0.6) is 0 Å². The van der Waals surface area contributed by atoms with Crippen molar-refractivity contribution in [3.05, 3.63) is 84.4 Å². The Labute approximate surface area is 245 Å². The van der Waals surface area contributed by atoms with Crippen LogP contribution in [-0.2, 0) is 19.1 Å². The summed E-state index contributed by atoms with van der Waals surface area (Å²) in [7, 11) is 0. The number of aliphatic hydroxyl groups excluding tert-OH is 1. The standard InChI is InChI=1S/C32H38N4O6/c1-5-21-9-8-12-24(19-21)28(29(39)34-25-14-13-22-10-6-7-11-23(22)20-25)36(17-18-37)30(40)26(15-16-27(33)38)35-31(41)42-32(2,3)4/h5-14,19-20,26,28,37H,1,15-18H2,2-4H3,(H2,33,38)(H,34,39)(H,35,41). The highest BCUT2D eigenvalue weighted by Gasteiger charge is 2.36. The van der Waals surface area contributed by atoms with E-state index in [2.05, 4.69) is 17.2 Å². The van der Waals surface area contributed by atoms with E-state index in [1.165, 1.54) is 4.90 Å². The number of primary amides is 1. The minimum absolute atomic E-state index is 0.138. The number of anilines is 1. The lowest BCUT2D eigenvalue weighted by molar-refractivity contribution is -0.141. The predicted octanol–water partition coefficient (Wildman–Crippen LogP) is 4.14. The summed E-state index contributed by atoms with van der Waals surface area (Å²) in [5, 5.41) is 17.3. The lowest BCUT2D eigenvalue weighted by atomic mass is 9.99. The Balaban J connectivity index is 2.03. The molecule has 0 heterocycles. The van der Waals surface area contributed by atoms with Crippen LogP contribution in [0.2, 0.25) is 0 Å². The van der Waals surface area contributed by atoms with Gasteiger partial charge in [-0.2, -0.15) is 0 Å². The highest BCUT2D eigenvalue weighted by molar-refractivity contribution is 6.00. The molecule has 5 N–H and O–H groups in total. The highest BCUT2D eigenvalue weighted by atomic mass is 16.6. The normalized spacial score (nSPS) is 12.6. The molecule has 0 saturated carbocycles. The summed E-state index contributed by atoms with van der Waals surface area (Å²) in [6.45, 7) is 8.10. The number of carbonyl (C=O) groups is 4. The van der Waals surface area contributed by atoms with Crippen LogP contribution in [0.25, 0.3) is 16.8 Å². The van der Waals surface area contributed by atoms with E-state index in [0.717, 1.165) is 10.8 Å². The van der Waals surface area contributed by atoms with E-state index in [-0.39, 0.29) is 19.4 Å². The number of amides is 4. The number of alkyl carbamates (subject to hydrolysis) is 1. The maximum Gasteiger partial charge on any atom is 0.408 e. The quantitative estimate of drug-likeness (QED) is 0.255. The van der Waals surface area contributed by atoms with E-state index in [9.17, 15) is 24.3 Å². The van der Waals surface area contributed by atoms with Crippen molar-refractivity contribution < 1.29 is 29.0 Å². The Hall–Kier alpha value is -4.70. The highest BCUT2D eigenvalue weighted by Crippen LogP contribution is 2.27. The van der Waals surface area contributed by atoms with Crippen LogP contribution in [0.3, 0.4) is 0 Å². The molecule has 3 aromatic rings. The van der Waals surface area contributed by atoms with Gasteiger partial charge in [0.25, 0.3) is 5.91 Å². The zero-order valence-electron chi connectivity index (χ0n) is 24.1. The molecule has 42 heavy (non-hydrogen) atoms. The average molecular weight is 575 g/mol. The first-order chi connectivity index (χ1) is 19.9. The monoisotopic (exact) mass is 574 g/mol. The molecule has 0 bridgehead atoms. The van der Waals surface area contributed by atoms with Gasteiger partial charge in [0.05, 0.1) is 6.61 Å². The molecule has 0 aliphatic carbocycles. The molecule has 0 spiro atoms. The summed E-state index contributed by atoms with van der Waals surface area (Å²) in [6.07, 6.45) is 0.389. The summed E-state index contributed by atoms with van der Waals surface area (Å²) >= 11 is 0. The second-order valence-electron chi connectivity index (χ2n) is 10.8. The van der Waals surface area contributed by atoms with Crippen molar-refractivity contribution in [2.24, 2.45) is 5.73 Å². The van der Waals surface area contributed by atoms with E-state index < -0.39 is 48.1 Å². The minimum Gasteiger partial charge on any atom is -0.444 e. The average Bonchev–Trinajstić information content (AvgIpc) is 2.93. The number of ether oxygens (including phenoxy) is 1. The van der Waals surface area contributed by atoms with Crippen LogP contribution in [-0.4, -0.2) is 58.6 Å². The molecule has 0 radical (unpaired) electrons. The lowest BCUT2D eigenvalue weighted by Crippen LogP contribution is -2.53. The number of fused-ring (bicyclic) bond motifs is 1. The molecule has 10 nitrogen and oxygen atoms in total. The summed E-state index contributed by atoms with van der Waals surface area (Å²) < 4.78 is 5.33. The fraction of sp³-hybridized carbons (Fsp3) is 0.312. The van der Waals surface area contributed by atoms with Crippen LogP contribution >= 0.6 is 0 Å². The van der Waals surface area contributed by atoms with Gasteiger partial charge < -0.3 is 31.1 Å². The number of aliphatic hydroxyl groups is 1. The predicted molar refractivity (Wildman–Crippen MR) is 162 cm³/mol. The summed E-state index contributed by atoms with van der Waals surface area (Å²) in [6, 6.07) is 17.6. The van der Waals surface area contributed by atoms with Gasteiger partial charge in [-0.25, -0.2) is 4.79 Å². The molecule has 0 aliphatic rings. The van der Waals surface area contributed by atoms with Crippen LogP contribution < -0.4 is 16.4 Å². The molecule has 0 aliphatic heterocycles. The van der Waals surface area contributed by atoms with E-state index in [0.29, 0.717) is 16.8 Å². The van der Waals surface area contributed by atoms with Crippen LogP contribution in [0.15, 0.2) is 73.3 Å². The van der Waals surface area contributed by atoms with Gasteiger partial charge in [0.2, 0.25) is 11.8 Å². The summed E-state index contributed by atoms with van der Waals surface area (Å²) in [5.74, 6) is -1.91. The number of hydrogen-bond donors (Lipinski definition) is 4.